The van der Waals surface area contributed by atoms with Crippen LogP contribution in [-0.2, 0) is 4.79 Å². The quantitative estimate of drug-likeness (QED) is 0.589. The SMILES string of the molecule is O=C(O)CC1=CC=CSN1. The highest BCUT2D eigenvalue weighted by Crippen LogP contribution is 2.10. The third-order valence-electron chi connectivity index (χ3n) is 0.976. The third kappa shape index (κ3) is 2.14. The van der Waals surface area contributed by atoms with Crippen molar-refractivity contribution in [1.29, 1.82) is 0 Å². The van der Waals surface area contributed by atoms with Gasteiger partial charge in [0.05, 0.1) is 6.42 Å². The molecule has 0 spiro atoms. The van der Waals surface area contributed by atoms with Crippen LogP contribution in [0.4, 0.5) is 0 Å². The molecule has 2 N–H and O–H groups in total. The Balaban J connectivity index is 2.47. The number of carbonyl (C=O) groups is 1. The number of rotatable bonds is 2. The molecule has 0 amide bonds. The van der Waals surface area contributed by atoms with Crippen molar-refractivity contribution in [3.63, 3.8) is 0 Å². The highest BCUT2D eigenvalue weighted by atomic mass is 32.2. The zero-order valence-electron chi connectivity index (χ0n) is 5.20. The van der Waals surface area contributed by atoms with Gasteiger partial charge in [-0.1, -0.05) is 6.08 Å². The predicted molar refractivity (Wildman–Crippen MR) is 40.2 cm³/mol. The molecule has 0 aromatic rings. The van der Waals surface area contributed by atoms with Crippen molar-refractivity contribution >= 4 is 17.9 Å². The second-order valence-corrected chi connectivity index (χ2v) is 2.52. The van der Waals surface area contributed by atoms with Gasteiger partial charge >= 0.3 is 5.97 Å². The summed E-state index contributed by atoms with van der Waals surface area (Å²) < 4.78 is 2.86. The number of hydrogen-bond acceptors (Lipinski definition) is 3. The highest BCUT2D eigenvalue weighted by Gasteiger charge is 2.03. The highest BCUT2D eigenvalue weighted by molar-refractivity contribution is 8.00. The van der Waals surface area contributed by atoms with Crippen molar-refractivity contribution in [3.05, 3.63) is 23.3 Å². The van der Waals surface area contributed by atoms with Gasteiger partial charge in [-0.3, -0.25) is 4.79 Å². The molecule has 0 aromatic heterocycles. The lowest BCUT2D eigenvalue weighted by Crippen LogP contribution is -2.09. The molecule has 0 saturated carbocycles. The summed E-state index contributed by atoms with van der Waals surface area (Å²) in [6.45, 7) is 0. The van der Waals surface area contributed by atoms with Gasteiger partial charge in [-0.05, 0) is 23.4 Å². The van der Waals surface area contributed by atoms with Gasteiger partial charge in [0.25, 0.3) is 0 Å². The van der Waals surface area contributed by atoms with Crippen LogP contribution in [0, 0.1) is 0 Å². The first-order chi connectivity index (χ1) is 4.79. The van der Waals surface area contributed by atoms with E-state index in [0.717, 1.165) is 5.70 Å². The molecule has 0 unspecified atom stereocenters. The zero-order valence-corrected chi connectivity index (χ0v) is 6.02. The molecular weight excluding hydrogens is 150 g/mol. The molecule has 0 saturated heterocycles. The first kappa shape index (κ1) is 7.21. The molecular formula is C6H7NO2S. The number of aliphatic carboxylic acids is 1. The van der Waals surface area contributed by atoms with Gasteiger partial charge in [-0.25, -0.2) is 0 Å². The Morgan fingerprint density at radius 1 is 1.80 bits per heavy atom. The molecule has 1 aliphatic rings. The molecule has 0 aromatic carbocycles. The summed E-state index contributed by atoms with van der Waals surface area (Å²) in [5, 5.41) is 10.2. The molecule has 0 aliphatic carbocycles. The standard InChI is InChI=1S/C6H7NO2S/c8-6(9)4-5-2-1-3-10-7-5/h1-3,7H,4H2,(H,8,9). The molecule has 1 rings (SSSR count). The number of hydrogen-bond donors (Lipinski definition) is 2. The molecule has 0 radical (unpaired) electrons. The molecule has 10 heavy (non-hydrogen) atoms. The van der Waals surface area contributed by atoms with Crippen LogP contribution < -0.4 is 4.72 Å². The van der Waals surface area contributed by atoms with Crippen LogP contribution in [0.1, 0.15) is 6.42 Å². The van der Waals surface area contributed by atoms with Crippen molar-refractivity contribution in [2.45, 2.75) is 6.42 Å². The van der Waals surface area contributed by atoms with Crippen LogP contribution in [0.5, 0.6) is 0 Å². The monoisotopic (exact) mass is 157 g/mol. The van der Waals surface area contributed by atoms with Gasteiger partial charge in [0, 0.05) is 5.70 Å². The van der Waals surface area contributed by atoms with Crippen LogP contribution in [0.2, 0.25) is 0 Å². The van der Waals surface area contributed by atoms with E-state index >= 15 is 0 Å². The van der Waals surface area contributed by atoms with Crippen molar-refractivity contribution < 1.29 is 9.90 Å². The lowest BCUT2D eigenvalue weighted by Gasteiger charge is -2.07. The van der Waals surface area contributed by atoms with E-state index in [1.165, 1.54) is 11.9 Å². The summed E-state index contributed by atoms with van der Waals surface area (Å²) in [4.78, 5) is 10.2. The molecule has 1 aliphatic heterocycles. The Bertz CT molecular complexity index is 198. The maximum absolute atomic E-state index is 10.2. The summed E-state index contributed by atoms with van der Waals surface area (Å²) in [6, 6.07) is 0. The average Bonchev–Trinajstić information content (AvgIpc) is 1.88. The Hall–Kier alpha value is -0.900. The van der Waals surface area contributed by atoms with Gasteiger partial charge in [0.2, 0.25) is 0 Å². The van der Waals surface area contributed by atoms with Crippen molar-refractivity contribution in [2.24, 2.45) is 0 Å². The van der Waals surface area contributed by atoms with Crippen LogP contribution in [0.3, 0.4) is 0 Å². The molecule has 0 atom stereocenters. The number of allylic oxidation sites excluding steroid dienone is 2. The Morgan fingerprint density at radius 3 is 3.10 bits per heavy atom. The van der Waals surface area contributed by atoms with E-state index in [4.69, 9.17) is 5.11 Å². The van der Waals surface area contributed by atoms with Gasteiger partial charge < -0.3 is 9.83 Å². The lowest BCUT2D eigenvalue weighted by atomic mass is 10.3. The van der Waals surface area contributed by atoms with E-state index in [2.05, 4.69) is 4.72 Å². The van der Waals surface area contributed by atoms with Gasteiger partial charge in [-0.15, -0.1) is 0 Å². The summed E-state index contributed by atoms with van der Waals surface area (Å²) in [7, 11) is 0. The minimum atomic E-state index is -0.811. The van der Waals surface area contributed by atoms with E-state index in [1.807, 2.05) is 11.5 Å². The fourth-order valence-electron chi connectivity index (χ4n) is 0.596. The predicted octanol–water partition coefficient (Wildman–Crippen LogP) is 1.11. The molecule has 0 bridgehead atoms. The van der Waals surface area contributed by atoms with Crippen molar-refractivity contribution in [1.82, 2.24) is 4.72 Å². The molecule has 3 nitrogen and oxygen atoms in total. The maximum Gasteiger partial charge on any atom is 0.309 e. The Kier molecular flexibility index (Phi) is 2.39. The summed E-state index contributed by atoms with van der Waals surface area (Å²) in [6.07, 6.45) is 3.64. The van der Waals surface area contributed by atoms with Gasteiger partial charge in [-0.2, -0.15) is 0 Å². The second kappa shape index (κ2) is 3.31. The zero-order chi connectivity index (χ0) is 7.40. The normalized spacial score (nSPS) is 15.8. The minimum Gasteiger partial charge on any atom is -0.481 e. The molecule has 1 heterocycles. The molecule has 0 fully saturated rings. The third-order valence-corrected chi connectivity index (χ3v) is 1.65. The fourth-order valence-corrected chi connectivity index (χ4v) is 1.11. The van der Waals surface area contributed by atoms with E-state index in [1.54, 1.807) is 6.08 Å². The summed E-state index contributed by atoms with van der Waals surface area (Å²) >= 11 is 1.38. The minimum absolute atomic E-state index is 0.0668. The van der Waals surface area contributed by atoms with Crippen molar-refractivity contribution in [3.8, 4) is 0 Å². The first-order valence-electron chi connectivity index (χ1n) is 2.78. The Morgan fingerprint density at radius 2 is 2.60 bits per heavy atom. The molecule has 54 valence electrons. The van der Waals surface area contributed by atoms with Crippen LogP contribution in [-0.4, -0.2) is 11.1 Å². The number of carboxylic acids is 1. The Labute approximate surface area is 62.9 Å². The fraction of sp³-hybridized carbons (Fsp3) is 0.167. The van der Waals surface area contributed by atoms with Crippen LogP contribution in [0.25, 0.3) is 0 Å². The van der Waals surface area contributed by atoms with Gasteiger partial charge in [0.1, 0.15) is 0 Å². The van der Waals surface area contributed by atoms with E-state index in [-0.39, 0.29) is 6.42 Å². The van der Waals surface area contributed by atoms with Crippen molar-refractivity contribution in [2.75, 3.05) is 0 Å². The lowest BCUT2D eigenvalue weighted by molar-refractivity contribution is -0.136. The molecule has 4 heteroatoms. The van der Waals surface area contributed by atoms with E-state index < -0.39 is 5.97 Å². The summed E-state index contributed by atoms with van der Waals surface area (Å²) in [5.74, 6) is -0.811. The second-order valence-electron chi connectivity index (χ2n) is 1.81. The maximum atomic E-state index is 10.2. The smallest absolute Gasteiger partial charge is 0.309 e. The van der Waals surface area contributed by atoms with Crippen LogP contribution in [0.15, 0.2) is 23.3 Å². The largest absolute Gasteiger partial charge is 0.481 e. The average molecular weight is 157 g/mol. The first-order valence-corrected chi connectivity index (χ1v) is 3.66. The van der Waals surface area contributed by atoms with E-state index in [0.29, 0.717) is 0 Å². The summed E-state index contributed by atoms with van der Waals surface area (Å²) in [5.41, 5.74) is 0.736. The number of carboxylic acid groups (broad SMARTS) is 1. The number of nitrogens with one attached hydrogen (secondary N) is 1. The van der Waals surface area contributed by atoms with E-state index in [9.17, 15) is 4.79 Å². The van der Waals surface area contributed by atoms with Crippen LogP contribution >= 0.6 is 11.9 Å². The topological polar surface area (TPSA) is 49.3 Å². The van der Waals surface area contributed by atoms with Gasteiger partial charge in [0.15, 0.2) is 0 Å².